The minimum atomic E-state index is 0.237. The average molecular weight is 371 g/mol. The fraction of sp³-hybridized carbons (Fsp3) is 0.0526. The Bertz CT molecular complexity index is 1340. The Kier molecular flexibility index (Phi) is 3.04. The van der Waals surface area contributed by atoms with Crippen LogP contribution < -0.4 is 14.8 Å². The third-order valence-electron chi connectivity index (χ3n) is 4.62. The molecular weight excluding hydrogens is 358 g/mol. The molecule has 3 aromatic heterocycles. The molecule has 0 amide bonds. The Labute approximate surface area is 158 Å². The molecule has 1 aliphatic rings. The van der Waals surface area contributed by atoms with Gasteiger partial charge in [0.25, 0.3) is 0 Å². The summed E-state index contributed by atoms with van der Waals surface area (Å²) in [5, 5.41) is 11.3. The highest BCUT2D eigenvalue weighted by atomic mass is 16.7. The van der Waals surface area contributed by atoms with Crippen LogP contribution in [0.4, 0.5) is 11.6 Å². The van der Waals surface area contributed by atoms with Crippen molar-refractivity contribution in [1.29, 1.82) is 0 Å². The number of hydrogen-bond acceptors (Lipinski definition) is 7. The lowest BCUT2D eigenvalue weighted by Gasteiger charge is -2.07. The summed E-state index contributed by atoms with van der Waals surface area (Å²) in [7, 11) is 0. The molecule has 0 saturated carbocycles. The molecule has 28 heavy (non-hydrogen) atoms. The first-order valence-corrected chi connectivity index (χ1v) is 8.64. The molecule has 0 atom stereocenters. The Morgan fingerprint density at radius 2 is 1.96 bits per heavy atom. The zero-order valence-electron chi connectivity index (χ0n) is 14.5. The fourth-order valence-electron chi connectivity index (χ4n) is 3.24. The van der Waals surface area contributed by atoms with Crippen LogP contribution in [-0.2, 0) is 0 Å². The van der Waals surface area contributed by atoms with Gasteiger partial charge in [0.05, 0.1) is 23.6 Å². The minimum absolute atomic E-state index is 0.237. The van der Waals surface area contributed by atoms with E-state index in [0.717, 1.165) is 28.0 Å². The van der Waals surface area contributed by atoms with E-state index in [4.69, 9.17) is 9.47 Å². The molecule has 0 bridgehead atoms. The van der Waals surface area contributed by atoms with Crippen LogP contribution >= 0.6 is 0 Å². The summed E-state index contributed by atoms with van der Waals surface area (Å²) in [6, 6.07) is 11.6. The van der Waals surface area contributed by atoms with Crippen molar-refractivity contribution in [1.82, 2.24) is 29.7 Å². The molecule has 9 heteroatoms. The van der Waals surface area contributed by atoms with Gasteiger partial charge in [-0.25, -0.2) is 9.97 Å². The van der Waals surface area contributed by atoms with Crippen LogP contribution in [0.2, 0.25) is 0 Å². The summed E-state index contributed by atoms with van der Waals surface area (Å²) in [5.74, 6) is 1.90. The topological polar surface area (TPSA) is 103 Å². The lowest BCUT2D eigenvalue weighted by molar-refractivity contribution is 0.174. The van der Waals surface area contributed by atoms with Crippen LogP contribution in [0.3, 0.4) is 0 Å². The number of aromatic amines is 1. The predicted molar refractivity (Wildman–Crippen MR) is 102 cm³/mol. The number of rotatable bonds is 3. The molecule has 0 saturated heterocycles. The maximum atomic E-state index is 5.41. The number of nitrogens with one attached hydrogen (secondary N) is 2. The van der Waals surface area contributed by atoms with E-state index < -0.39 is 0 Å². The van der Waals surface area contributed by atoms with Gasteiger partial charge in [-0.3, -0.25) is 9.67 Å². The average Bonchev–Trinajstić information content (AvgIpc) is 3.45. The normalized spacial score (nSPS) is 12.7. The lowest BCUT2D eigenvalue weighted by atomic mass is 10.2. The number of hydrogen-bond donors (Lipinski definition) is 2. The first-order valence-electron chi connectivity index (χ1n) is 8.64. The van der Waals surface area contributed by atoms with Crippen molar-refractivity contribution in [2.24, 2.45) is 0 Å². The fourth-order valence-corrected chi connectivity index (χ4v) is 3.24. The molecule has 4 heterocycles. The number of imidazole rings is 1. The second-order valence-corrected chi connectivity index (χ2v) is 6.35. The second kappa shape index (κ2) is 5.68. The summed E-state index contributed by atoms with van der Waals surface area (Å²) in [6.45, 7) is 0.237. The second-order valence-electron chi connectivity index (χ2n) is 6.35. The van der Waals surface area contributed by atoms with Gasteiger partial charge < -0.3 is 14.8 Å². The molecule has 136 valence electrons. The third-order valence-corrected chi connectivity index (χ3v) is 4.62. The molecule has 0 aliphatic carbocycles. The van der Waals surface area contributed by atoms with Crippen LogP contribution in [0, 0.1) is 0 Å². The maximum absolute atomic E-state index is 5.41. The van der Waals surface area contributed by atoms with Crippen LogP contribution in [0.15, 0.2) is 55.1 Å². The molecule has 6 rings (SSSR count). The zero-order chi connectivity index (χ0) is 18.5. The predicted octanol–water partition coefficient (Wildman–Crippen LogP) is 3.16. The van der Waals surface area contributed by atoms with Crippen molar-refractivity contribution >= 4 is 33.7 Å². The summed E-state index contributed by atoms with van der Waals surface area (Å²) < 4.78 is 12.7. The van der Waals surface area contributed by atoms with E-state index in [1.54, 1.807) is 18.7 Å². The highest BCUT2D eigenvalue weighted by molar-refractivity contribution is 5.81. The summed E-state index contributed by atoms with van der Waals surface area (Å²) in [5.41, 5.74) is 4.12. The monoisotopic (exact) mass is 371 g/mol. The summed E-state index contributed by atoms with van der Waals surface area (Å²) in [6.07, 6.45) is 5.23. The minimum Gasteiger partial charge on any atom is -0.454 e. The molecule has 2 aromatic carbocycles. The number of anilines is 2. The van der Waals surface area contributed by atoms with Crippen molar-refractivity contribution in [3.8, 4) is 17.2 Å². The van der Waals surface area contributed by atoms with Gasteiger partial charge in [-0.2, -0.15) is 10.1 Å². The zero-order valence-corrected chi connectivity index (χ0v) is 14.5. The lowest BCUT2D eigenvalue weighted by Crippen LogP contribution is -2.00. The van der Waals surface area contributed by atoms with Gasteiger partial charge in [0.15, 0.2) is 17.1 Å². The van der Waals surface area contributed by atoms with Crippen molar-refractivity contribution in [3.05, 3.63) is 55.1 Å². The van der Waals surface area contributed by atoms with Crippen molar-refractivity contribution < 1.29 is 9.47 Å². The number of ether oxygens (including phenoxy) is 2. The smallest absolute Gasteiger partial charge is 0.231 e. The van der Waals surface area contributed by atoms with E-state index in [-0.39, 0.29) is 6.79 Å². The van der Waals surface area contributed by atoms with E-state index >= 15 is 0 Å². The molecule has 9 nitrogen and oxygen atoms in total. The summed E-state index contributed by atoms with van der Waals surface area (Å²) >= 11 is 0. The number of fused-ring (bicyclic) bond motifs is 3. The van der Waals surface area contributed by atoms with Gasteiger partial charge in [-0.1, -0.05) is 0 Å². The molecule has 5 aromatic rings. The Morgan fingerprint density at radius 1 is 1.00 bits per heavy atom. The number of nitrogens with zero attached hydrogens (tertiary/aromatic N) is 5. The largest absolute Gasteiger partial charge is 0.454 e. The molecule has 0 unspecified atom stereocenters. The molecule has 1 aliphatic heterocycles. The standard InChI is InChI=1S/C19H13N7O2/c1-3-13(6-14-11(1)7-22-25-14)26-9-21-15-8-20-19(24-18(15)26)23-12-2-4-16-17(5-12)28-10-27-16/h1-9H,10H2,(H,22,25)(H,20,23,24). The molecular formula is C19H13N7O2. The Hall–Kier alpha value is -4.14. The highest BCUT2D eigenvalue weighted by Crippen LogP contribution is 2.34. The summed E-state index contributed by atoms with van der Waals surface area (Å²) in [4.78, 5) is 13.4. The van der Waals surface area contributed by atoms with Crippen LogP contribution in [0.5, 0.6) is 11.5 Å². The van der Waals surface area contributed by atoms with Gasteiger partial charge in [-0.05, 0) is 30.3 Å². The quantitative estimate of drug-likeness (QED) is 0.502. The van der Waals surface area contributed by atoms with Crippen LogP contribution in [0.1, 0.15) is 0 Å². The third kappa shape index (κ3) is 2.33. The molecule has 0 radical (unpaired) electrons. The van der Waals surface area contributed by atoms with Crippen LogP contribution in [0.25, 0.3) is 27.8 Å². The van der Waals surface area contributed by atoms with E-state index in [1.165, 1.54) is 0 Å². The number of benzene rings is 2. The Morgan fingerprint density at radius 3 is 2.96 bits per heavy atom. The van der Waals surface area contributed by atoms with Gasteiger partial charge in [0.1, 0.15) is 11.8 Å². The molecule has 0 fully saturated rings. The highest BCUT2D eigenvalue weighted by Gasteiger charge is 2.14. The van der Waals surface area contributed by atoms with Gasteiger partial charge in [-0.15, -0.1) is 0 Å². The van der Waals surface area contributed by atoms with E-state index in [2.05, 4.69) is 30.5 Å². The van der Waals surface area contributed by atoms with Crippen molar-refractivity contribution in [3.63, 3.8) is 0 Å². The van der Waals surface area contributed by atoms with Crippen molar-refractivity contribution in [2.75, 3.05) is 12.1 Å². The van der Waals surface area contributed by atoms with Crippen LogP contribution in [-0.4, -0.2) is 36.5 Å². The molecule has 2 N–H and O–H groups in total. The van der Waals surface area contributed by atoms with Gasteiger partial charge in [0.2, 0.25) is 12.7 Å². The van der Waals surface area contributed by atoms with E-state index in [0.29, 0.717) is 22.9 Å². The maximum Gasteiger partial charge on any atom is 0.231 e. The number of H-pyrrole nitrogens is 1. The van der Waals surface area contributed by atoms with Crippen molar-refractivity contribution in [2.45, 2.75) is 0 Å². The van der Waals surface area contributed by atoms with E-state index in [1.807, 2.05) is 41.0 Å². The first-order chi connectivity index (χ1) is 13.8. The van der Waals surface area contributed by atoms with E-state index in [9.17, 15) is 0 Å². The number of aromatic nitrogens is 6. The van der Waals surface area contributed by atoms with Gasteiger partial charge >= 0.3 is 0 Å². The first kappa shape index (κ1) is 15.0. The SMILES string of the molecule is c1cc2c(cc1Nc1ncc3ncn(-c4ccc5cn[nH]c5c4)c3n1)OCO2. The Balaban J connectivity index is 1.39. The van der Waals surface area contributed by atoms with Gasteiger partial charge in [0, 0.05) is 17.1 Å². The molecule has 0 spiro atoms.